The Hall–Kier alpha value is -1.54. The van der Waals surface area contributed by atoms with E-state index in [1.54, 1.807) is 6.07 Å². The van der Waals surface area contributed by atoms with Crippen molar-refractivity contribution in [2.75, 3.05) is 0 Å². The molecule has 0 heterocycles. The average Bonchev–Trinajstić information content (AvgIpc) is 2.30. The van der Waals surface area contributed by atoms with E-state index in [0.717, 1.165) is 11.1 Å². The van der Waals surface area contributed by atoms with E-state index in [0.29, 0.717) is 11.6 Å². The molecule has 0 fully saturated rings. The van der Waals surface area contributed by atoms with Crippen LogP contribution in [0, 0.1) is 12.7 Å². The summed E-state index contributed by atoms with van der Waals surface area (Å²) < 4.78 is 18.9. The van der Waals surface area contributed by atoms with Gasteiger partial charge in [0, 0.05) is 5.02 Å². The highest BCUT2D eigenvalue weighted by Crippen LogP contribution is 2.22. The predicted octanol–water partition coefficient (Wildman–Crippen LogP) is 4.37. The van der Waals surface area contributed by atoms with Crippen LogP contribution >= 0.6 is 11.6 Å². The molecule has 0 saturated heterocycles. The lowest BCUT2D eigenvalue weighted by Gasteiger charge is -2.09. The third kappa shape index (κ3) is 2.98. The predicted molar refractivity (Wildman–Crippen MR) is 66.9 cm³/mol. The van der Waals surface area contributed by atoms with Crippen molar-refractivity contribution in [1.29, 1.82) is 0 Å². The number of benzene rings is 2. The third-order valence-corrected chi connectivity index (χ3v) is 2.77. The zero-order valence-electron chi connectivity index (χ0n) is 9.41. The summed E-state index contributed by atoms with van der Waals surface area (Å²) in [6, 6.07) is 12.2. The molecule has 0 spiro atoms. The standard InChI is InChI=1S/C14H12ClFO/c1-10-4-2-3-5-11(10)9-17-14-7-6-12(15)8-13(14)16/h2-8H,9H2,1H3. The second-order valence-corrected chi connectivity index (χ2v) is 4.23. The Morgan fingerprint density at radius 1 is 1.18 bits per heavy atom. The zero-order valence-corrected chi connectivity index (χ0v) is 10.2. The summed E-state index contributed by atoms with van der Waals surface area (Å²) >= 11 is 5.66. The summed E-state index contributed by atoms with van der Waals surface area (Å²) in [5, 5.41) is 0.366. The molecular formula is C14H12ClFO. The van der Waals surface area contributed by atoms with Gasteiger partial charge in [0.05, 0.1) is 0 Å². The maximum absolute atomic E-state index is 13.4. The minimum Gasteiger partial charge on any atom is -0.486 e. The summed E-state index contributed by atoms with van der Waals surface area (Å²) in [7, 11) is 0. The molecule has 1 nitrogen and oxygen atoms in total. The second-order valence-electron chi connectivity index (χ2n) is 3.79. The van der Waals surface area contributed by atoms with Crippen molar-refractivity contribution >= 4 is 11.6 Å². The molecule has 0 aliphatic carbocycles. The van der Waals surface area contributed by atoms with Gasteiger partial charge < -0.3 is 4.74 Å². The molecule has 0 aromatic heterocycles. The van der Waals surface area contributed by atoms with Crippen LogP contribution in [0.3, 0.4) is 0 Å². The Morgan fingerprint density at radius 3 is 2.65 bits per heavy atom. The van der Waals surface area contributed by atoms with Gasteiger partial charge in [0.15, 0.2) is 11.6 Å². The van der Waals surface area contributed by atoms with Gasteiger partial charge in [-0.3, -0.25) is 0 Å². The Labute approximate surface area is 105 Å². The van der Waals surface area contributed by atoms with E-state index in [4.69, 9.17) is 16.3 Å². The highest BCUT2D eigenvalue weighted by Gasteiger charge is 2.05. The van der Waals surface area contributed by atoms with E-state index >= 15 is 0 Å². The van der Waals surface area contributed by atoms with Crippen molar-refractivity contribution in [3.8, 4) is 5.75 Å². The molecule has 3 heteroatoms. The lowest BCUT2D eigenvalue weighted by Crippen LogP contribution is -1.99. The second kappa shape index (κ2) is 5.19. The number of hydrogen-bond donors (Lipinski definition) is 0. The number of aryl methyl sites for hydroxylation is 1. The molecule has 2 aromatic rings. The quantitative estimate of drug-likeness (QED) is 0.786. The van der Waals surface area contributed by atoms with Crippen LogP contribution in [0.15, 0.2) is 42.5 Å². The van der Waals surface area contributed by atoms with Crippen LogP contribution in [0.25, 0.3) is 0 Å². The van der Waals surface area contributed by atoms with E-state index in [1.165, 1.54) is 12.1 Å². The van der Waals surface area contributed by atoms with Crippen molar-refractivity contribution in [2.24, 2.45) is 0 Å². The minimum atomic E-state index is -0.439. The van der Waals surface area contributed by atoms with Gasteiger partial charge in [-0.2, -0.15) is 0 Å². The summed E-state index contributed by atoms with van der Waals surface area (Å²) in [5.74, 6) is -0.219. The first-order valence-corrected chi connectivity index (χ1v) is 5.67. The fourth-order valence-electron chi connectivity index (χ4n) is 1.52. The molecule has 0 radical (unpaired) electrons. The van der Waals surface area contributed by atoms with E-state index in [-0.39, 0.29) is 5.75 Å². The van der Waals surface area contributed by atoms with Crippen molar-refractivity contribution in [3.05, 3.63) is 64.4 Å². The zero-order chi connectivity index (χ0) is 12.3. The van der Waals surface area contributed by atoms with Crippen molar-refractivity contribution in [2.45, 2.75) is 13.5 Å². The van der Waals surface area contributed by atoms with Gasteiger partial charge in [0.25, 0.3) is 0 Å². The van der Waals surface area contributed by atoms with Gasteiger partial charge in [-0.25, -0.2) is 4.39 Å². The normalized spacial score (nSPS) is 10.3. The topological polar surface area (TPSA) is 9.23 Å². The Morgan fingerprint density at radius 2 is 1.94 bits per heavy atom. The molecule has 2 rings (SSSR count). The molecule has 0 unspecified atom stereocenters. The fourth-order valence-corrected chi connectivity index (χ4v) is 1.68. The summed E-state index contributed by atoms with van der Waals surface area (Å²) in [4.78, 5) is 0. The molecule has 0 bridgehead atoms. The molecule has 17 heavy (non-hydrogen) atoms. The summed E-state index contributed by atoms with van der Waals surface area (Å²) in [6.45, 7) is 2.35. The first-order valence-electron chi connectivity index (χ1n) is 5.29. The van der Waals surface area contributed by atoms with Crippen LogP contribution in [0.1, 0.15) is 11.1 Å². The van der Waals surface area contributed by atoms with E-state index < -0.39 is 5.82 Å². The lowest BCUT2D eigenvalue weighted by atomic mass is 10.1. The Kier molecular flexibility index (Phi) is 3.64. The SMILES string of the molecule is Cc1ccccc1COc1ccc(Cl)cc1F. The van der Waals surface area contributed by atoms with E-state index in [1.807, 2.05) is 31.2 Å². The molecule has 0 amide bonds. The maximum atomic E-state index is 13.4. The van der Waals surface area contributed by atoms with Gasteiger partial charge >= 0.3 is 0 Å². The summed E-state index contributed by atoms with van der Waals surface area (Å²) in [6.07, 6.45) is 0. The van der Waals surface area contributed by atoms with Crippen LogP contribution in [0.2, 0.25) is 5.02 Å². The molecule has 0 atom stereocenters. The third-order valence-electron chi connectivity index (χ3n) is 2.54. The van der Waals surface area contributed by atoms with Crippen LogP contribution in [0.4, 0.5) is 4.39 Å². The smallest absolute Gasteiger partial charge is 0.166 e. The van der Waals surface area contributed by atoms with Crippen molar-refractivity contribution < 1.29 is 9.13 Å². The highest BCUT2D eigenvalue weighted by molar-refractivity contribution is 6.30. The fraction of sp³-hybridized carbons (Fsp3) is 0.143. The number of rotatable bonds is 3. The van der Waals surface area contributed by atoms with Crippen LogP contribution < -0.4 is 4.74 Å². The van der Waals surface area contributed by atoms with Gasteiger partial charge in [0.1, 0.15) is 6.61 Å². The summed E-state index contributed by atoms with van der Waals surface area (Å²) in [5.41, 5.74) is 2.17. The highest BCUT2D eigenvalue weighted by atomic mass is 35.5. The van der Waals surface area contributed by atoms with Crippen LogP contribution in [0.5, 0.6) is 5.75 Å². The largest absolute Gasteiger partial charge is 0.486 e. The molecule has 0 aliphatic heterocycles. The van der Waals surface area contributed by atoms with Gasteiger partial charge in [0.2, 0.25) is 0 Å². The van der Waals surface area contributed by atoms with Crippen molar-refractivity contribution in [1.82, 2.24) is 0 Å². The monoisotopic (exact) mass is 250 g/mol. The van der Waals surface area contributed by atoms with Gasteiger partial charge in [-0.1, -0.05) is 35.9 Å². The van der Waals surface area contributed by atoms with Crippen LogP contribution in [-0.4, -0.2) is 0 Å². The number of ether oxygens (including phenoxy) is 1. The number of hydrogen-bond acceptors (Lipinski definition) is 1. The molecular weight excluding hydrogens is 239 g/mol. The Balaban J connectivity index is 2.10. The molecule has 2 aromatic carbocycles. The molecule has 0 saturated carbocycles. The first-order chi connectivity index (χ1) is 8.16. The average molecular weight is 251 g/mol. The maximum Gasteiger partial charge on any atom is 0.166 e. The van der Waals surface area contributed by atoms with Gasteiger partial charge in [-0.05, 0) is 36.2 Å². The number of halogens is 2. The van der Waals surface area contributed by atoms with Crippen molar-refractivity contribution in [3.63, 3.8) is 0 Å². The van der Waals surface area contributed by atoms with E-state index in [2.05, 4.69) is 0 Å². The lowest BCUT2D eigenvalue weighted by molar-refractivity contribution is 0.289. The first kappa shape index (κ1) is 11.9. The van der Waals surface area contributed by atoms with Crippen LogP contribution in [-0.2, 0) is 6.61 Å². The minimum absolute atomic E-state index is 0.220. The molecule has 0 N–H and O–H groups in total. The van der Waals surface area contributed by atoms with E-state index in [9.17, 15) is 4.39 Å². The molecule has 88 valence electrons. The van der Waals surface area contributed by atoms with Gasteiger partial charge in [-0.15, -0.1) is 0 Å². The molecule has 0 aliphatic rings. The Bertz CT molecular complexity index is 525.